The van der Waals surface area contributed by atoms with Crippen molar-refractivity contribution in [1.29, 1.82) is 0 Å². The Kier molecular flexibility index (Phi) is 5.70. The number of hydrogen-bond donors (Lipinski definition) is 2. The van der Waals surface area contributed by atoms with Crippen LogP contribution in [0.4, 0.5) is 5.69 Å². The molecule has 0 saturated heterocycles. The van der Waals surface area contributed by atoms with Crippen molar-refractivity contribution in [2.24, 2.45) is 0 Å². The van der Waals surface area contributed by atoms with Gasteiger partial charge in [-0.2, -0.15) is 0 Å². The largest absolute Gasteiger partial charge is 0.480 e. The minimum atomic E-state index is -1.08. The van der Waals surface area contributed by atoms with Crippen LogP contribution < -0.4 is 10.2 Å². The summed E-state index contributed by atoms with van der Waals surface area (Å²) >= 11 is 0. The summed E-state index contributed by atoms with van der Waals surface area (Å²) in [6.45, 7) is 5.79. The van der Waals surface area contributed by atoms with E-state index in [1.807, 2.05) is 37.3 Å². The first-order valence-electron chi connectivity index (χ1n) is 6.78. The zero-order valence-electron chi connectivity index (χ0n) is 12.2. The summed E-state index contributed by atoms with van der Waals surface area (Å²) in [6.07, 6.45) is 0.410. The molecule has 0 radical (unpaired) electrons. The maximum Gasteiger partial charge on any atom is 0.323 e. The van der Waals surface area contributed by atoms with Crippen molar-refractivity contribution in [3.05, 3.63) is 30.3 Å². The second-order valence-corrected chi connectivity index (χ2v) is 4.82. The first-order valence-corrected chi connectivity index (χ1v) is 6.78. The highest BCUT2D eigenvalue weighted by molar-refractivity contribution is 5.95. The maximum atomic E-state index is 12.2. The average Bonchev–Trinajstić information content (AvgIpc) is 2.46. The fourth-order valence-corrected chi connectivity index (χ4v) is 1.83. The molecule has 0 saturated carbocycles. The van der Waals surface area contributed by atoms with E-state index in [4.69, 9.17) is 0 Å². The number of hydrogen-bond acceptors (Lipinski definition) is 3. The summed E-state index contributed by atoms with van der Waals surface area (Å²) in [5, 5.41) is 12.0. The molecule has 2 N–H and O–H groups in total. The lowest BCUT2D eigenvalue weighted by molar-refractivity contribution is -0.144. The molecule has 1 aromatic rings. The van der Waals surface area contributed by atoms with Gasteiger partial charge >= 0.3 is 5.97 Å². The molecule has 0 spiro atoms. The molecular formula is C15H22N2O3. The highest BCUT2D eigenvalue weighted by atomic mass is 16.4. The number of carboxylic acids is 1. The fourth-order valence-electron chi connectivity index (χ4n) is 1.83. The van der Waals surface area contributed by atoms with Crippen molar-refractivity contribution in [3.63, 3.8) is 0 Å². The standard InChI is InChI=1S/C15H22N2O3/c1-4-15(3,14(19)20)16-11-13(18)17(5-2)12-9-7-6-8-10-12/h6-10,16H,4-5,11H2,1-3H3,(H,19,20). The van der Waals surface area contributed by atoms with Crippen molar-refractivity contribution in [3.8, 4) is 0 Å². The van der Waals surface area contributed by atoms with Gasteiger partial charge in [0.25, 0.3) is 0 Å². The van der Waals surface area contributed by atoms with Crippen molar-refractivity contribution < 1.29 is 14.7 Å². The molecule has 110 valence electrons. The van der Waals surface area contributed by atoms with Gasteiger partial charge < -0.3 is 10.0 Å². The van der Waals surface area contributed by atoms with Crippen LogP contribution in [0.1, 0.15) is 27.2 Å². The zero-order chi connectivity index (χ0) is 15.2. The smallest absolute Gasteiger partial charge is 0.323 e. The lowest BCUT2D eigenvalue weighted by Gasteiger charge is -2.27. The normalized spacial score (nSPS) is 13.6. The van der Waals surface area contributed by atoms with Crippen LogP contribution in [0.15, 0.2) is 30.3 Å². The molecule has 0 aliphatic carbocycles. The zero-order valence-corrected chi connectivity index (χ0v) is 12.2. The number of carboxylic acid groups (broad SMARTS) is 1. The van der Waals surface area contributed by atoms with E-state index < -0.39 is 11.5 Å². The van der Waals surface area contributed by atoms with E-state index in [1.165, 1.54) is 0 Å². The Bertz CT molecular complexity index is 461. The van der Waals surface area contributed by atoms with Gasteiger partial charge in [0, 0.05) is 12.2 Å². The molecule has 0 fully saturated rings. The van der Waals surface area contributed by atoms with Gasteiger partial charge in [-0.15, -0.1) is 0 Å². The molecule has 0 heterocycles. The molecule has 1 atom stereocenters. The maximum absolute atomic E-state index is 12.2. The molecule has 0 bridgehead atoms. The molecule has 5 heteroatoms. The van der Waals surface area contributed by atoms with E-state index in [9.17, 15) is 14.7 Å². The highest BCUT2D eigenvalue weighted by Gasteiger charge is 2.31. The number of rotatable bonds is 7. The molecule has 1 aromatic carbocycles. The molecule has 5 nitrogen and oxygen atoms in total. The van der Waals surface area contributed by atoms with E-state index in [0.29, 0.717) is 13.0 Å². The second kappa shape index (κ2) is 7.05. The summed E-state index contributed by atoms with van der Waals surface area (Å²) in [5.74, 6) is -1.09. The van der Waals surface area contributed by atoms with E-state index in [-0.39, 0.29) is 12.5 Å². The average molecular weight is 278 g/mol. The van der Waals surface area contributed by atoms with Crippen LogP contribution in [-0.4, -0.2) is 35.6 Å². The summed E-state index contributed by atoms with van der Waals surface area (Å²) in [7, 11) is 0. The quantitative estimate of drug-likeness (QED) is 0.799. The summed E-state index contributed by atoms with van der Waals surface area (Å²) in [6, 6.07) is 9.34. The molecule has 20 heavy (non-hydrogen) atoms. The Morgan fingerprint density at radius 1 is 1.25 bits per heavy atom. The number of aliphatic carboxylic acids is 1. The van der Waals surface area contributed by atoms with Crippen LogP contribution in [0.2, 0.25) is 0 Å². The van der Waals surface area contributed by atoms with Gasteiger partial charge in [-0.05, 0) is 32.4 Å². The van der Waals surface area contributed by atoms with Crippen LogP contribution in [-0.2, 0) is 9.59 Å². The van der Waals surface area contributed by atoms with E-state index in [0.717, 1.165) is 5.69 Å². The number of benzene rings is 1. The molecular weight excluding hydrogens is 256 g/mol. The number of carbonyl (C=O) groups excluding carboxylic acids is 1. The minimum Gasteiger partial charge on any atom is -0.480 e. The monoisotopic (exact) mass is 278 g/mol. The van der Waals surface area contributed by atoms with Gasteiger partial charge in [0.15, 0.2) is 0 Å². The third-order valence-corrected chi connectivity index (χ3v) is 3.49. The lowest BCUT2D eigenvalue weighted by atomic mass is 9.99. The third kappa shape index (κ3) is 3.81. The van der Waals surface area contributed by atoms with Crippen LogP contribution in [0.5, 0.6) is 0 Å². The number of likely N-dealkylation sites (N-methyl/N-ethyl adjacent to an activating group) is 1. The number of carbonyl (C=O) groups is 2. The summed E-state index contributed by atoms with van der Waals surface area (Å²) in [5.41, 5.74) is -0.263. The molecule has 1 rings (SSSR count). The Labute approximate surface area is 119 Å². The van der Waals surface area contributed by atoms with Crippen molar-refractivity contribution in [2.45, 2.75) is 32.7 Å². The van der Waals surface area contributed by atoms with Crippen LogP contribution >= 0.6 is 0 Å². The van der Waals surface area contributed by atoms with E-state index in [1.54, 1.807) is 18.7 Å². The molecule has 1 unspecified atom stereocenters. The SMILES string of the molecule is CCN(C(=O)CNC(C)(CC)C(=O)O)c1ccccc1. The highest BCUT2D eigenvalue weighted by Crippen LogP contribution is 2.14. The Hall–Kier alpha value is -1.88. The van der Waals surface area contributed by atoms with Gasteiger partial charge in [0.05, 0.1) is 6.54 Å². The number of amides is 1. The fraction of sp³-hybridized carbons (Fsp3) is 0.467. The first-order chi connectivity index (χ1) is 9.44. The topological polar surface area (TPSA) is 69.6 Å². The van der Waals surface area contributed by atoms with Gasteiger partial charge in [0.1, 0.15) is 5.54 Å². The number of para-hydroxylation sites is 1. The van der Waals surface area contributed by atoms with Gasteiger partial charge in [-0.1, -0.05) is 25.1 Å². The Balaban J connectivity index is 2.72. The summed E-state index contributed by atoms with van der Waals surface area (Å²) in [4.78, 5) is 25.0. The number of nitrogens with zero attached hydrogens (tertiary/aromatic N) is 1. The van der Waals surface area contributed by atoms with Gasteiger partial charge in [0.2, 0.25) is 5.91 Å². The molecule has 0 aliphatic heterocycles. The van der Waals surface area contributed by atoms with Crippen molar-refractivity contribution in [2.75, 3.05) is 18.0 Å². The Morgan fingerprint density at radius 3 is 2.30 bits per heavy atom. The molecule has 0 aromatic heterocycles. The minimum absolute atomic E-state index is 0.000621. The van der Waals surface area contributed by atoms with Crippen LogP contribution in [0, 0.1) is 0 Å². The number of anilines is 1. The lowest BCUT2D eigenvalue weighted by Crippen LogP contribution is -2.52. The first kappa shape index (κ1) is 16.2. The van der Waals surface area contributed by atoms with Gasteiger partial charge in [-0.3, -0.25) is 14.9 Å². The van der Waals surface area contributed by atoms with Gasteiger partial charge in [-0.25, -0.2) is 0 Å². The third-order valence-electron chi connectivity index (χ3n) is 3.49. The molecule has 1 amide bonds. The van der Waals surface area contributed by atoms with E-state index >= 15 is 0 Å². The van der Waals surface area contributed by atoms with Crippen molar-refractivity contribution >= 4 is 17.6 Å². The number of nitrogens with one attached hydrogen (secondary N) is 1. The van der Waals surface area contributed by atoms with Crippen LogP contribution in [0.25, 0.3) is 0 Å². The predicted molar refractivity (Wildman–Crippen MR) is 78.8 cm³/mol. The van der Waals surface area contributed by atoms with E-state index in [2.05, 4.69) is 5.32 Å². The molecule has 0 aliphatic rings. The predicted octanol–water partition coefficient (Wildman–Crippen LogP) is 1.88. The summed E-state index contributed by atoms with van der Waals surface area (Å²) < 4.78 is 0. The van der Waals surface area contributed by atoms with Crippen molar-refractivity contribution in [1.82, 2.24) is 5.32 Å². The second-order valence-electron chi connectivity index (χ2n) is 4.82. The van der Waals surface area contributed by atoms with Crippen LogP contribution in [0.3, 0.4) is 0 Å². The Morgan fingerprint density at radius 2 is 1.85 bits per heavy atom.